The summed E-state index contributed by atoms with van der Waals surface area (Å²) in [7, 11) is 5.58. The van der Waals surface area contributed by atoms with E-state index in [1.165, 1.54) is 0 Å². The molecule has 2 aromatic rings. The van der Waals surface area contributed by atoms with Crippen LogP contribution in [0, 0.1) is 0 Å². The highest BCUT2D eigenvalue weighted by Gasteiger charge is 2.40. The SMILES string of the molecule is COc1ccc([C@H]2Sc3ccccc3N(CCN(C)C)C(=O)[C@H]2OC(N)=S)cc1. The molecule has 29 heavy (non-hydrogen) atoms. The molecule has 0 radical (unpaired) electrons. The number of amides is 1. The van der Waals surface area contributed by atoms with Crippen molar-refractivity contribution in [1.82, 2.24) is 4.90 Å². The minimum atomic E-state index is -0.833. The van der Waals surface area contributed by atoms with E-state index < -0.39 is 6.10 Å². The molecule has 0 unspecified atom stereocenters. The first-order valence-electron chi connectivity index (χ1n) is 9.22. The Kier molecular flexibility index (Phi) is 7.00. The molecule has 1 heterocycles. The maximum Gasteiger partial charge on any atom is 0.269 e. The van der Waals surface area contributed by atoms with Gasteiger partial charge >= 0.3 is 0 Å². The lowest BCUT2D eigenvalue weighted by Crippen LogP contribution is -2.45. The van der Waals surface area contributed by atoms with E-state index in [-0.39, 0.29) is 16.3 Å². The molecule has 0 saturated carbocycles. The van der Waals surface area contributed by atoms with Gasteiger partial charge in [-0.25, -0.2) is 0 Å². The summed E-state index contributed by atoms with van der Waals surface area (Å²) in [4.78, 5) is 18.4. The summed E-state index contributed by atoms with van der Waals surface area (Å²) < 4.78 is 11.0. The van der Waals surface area contributed by atoms with Crippen LogP contribution < -0.4 is 15.4 Å². The van der Waals surface area contributed by atoms with E-state index in [2.05, 4.69) is 0 Å². The van der Waals surface area contributed by atoms with Crippen molar-refractivity contribution in [2.75, 3.05) is 39.2 Å². The summed E-state index contributed by atoms with van der Waals surface area (Å²) in [5, 5.41) is -0.443. The fraction of sp³-hybridized carbons (Fsp3) is 0.333. The summed E-state index contributed by atoms with van der Waals surface area (Å²) in [6.07, 6.45) is -0.833. The monoisotopic (exact) mass is 431 g/mol. The zero-order valence-electron chi connectivity index (χ0n) is 16.7. The molecule has 1 aliphatic rings. The van der Waals surface area contributed by atoms with Crippen LogP contribution in [0.25, 0.3) is 0 Å². The third-order valence-electron chi connectivity index (χ3n) is 4.65. The van der Waals surface area contributed by atoms with E-state index in [1.807, 2.05) is 67.5 Å². The topological polar surface area (TPSA) is 68.0 Å². The lowest BCUT2D eigenvalue weighted by Gasteiger charge is -2.28. The fourth-order valence-electron chi connectivity index (χ4n) is 3.18. The first-order chi connectivity index (χ1) is 13.9. The molecule has 0 saturated heterocycles. The third kappa shape index (κ3) is 5.01. The van der Waals surface area contributed by atoms with Crippen molar-refractivity contribution in [1.29, 1.82) is 0 Å². The number of rotatable bonds is 6. The van der Waals surface area contributed by atoms with Crippen LogP contribution >= 0.6 is 24.0 Å². The molecule has 0 aliphatic carbocycles. The second-order valence-corrected chi connectivity index (χ2v) is 8.52. The van der Waals surface area contributed by atoms with Gasteiger partial charge in [0.25, 0.3) is 11.1 Å². The smallest absolute Gasteiger partial charge is 0.269 e. The Morgan fingerprint density at radius 2 is 1.90 bits per heavy atom. The average Bonchev–Trinajstić information content (AvgIpc) is 2.81. The van der Waals surface area contributed by atoms with Crippen LogP contribution in [0.3, 0.4) is 0 Å². The van der Waals surface area contributed by atoms with Gasteiger partial charge in [-0.15, -0.1) is 11.8 Å². The maximum atomic E-state index is 13.6. The second-order valence-electron chi connectivity index (χ2n) is 6.93. The Hall–Kier alpha value is -2.29. The third-order valence-corrected chi connectivity index (χ3v) is 6.12. The van der Waals surface area contributed by atoms with Gasteiger partial charge in [0, 0.05) is 18.0 Å². The van der Waals surface area contributed by atoms with Crippen molar-refractivity contribution in [3.8, 4) is 5.75 Å². The van der Waals surface area contributed by atoms with Crippen LogP contribution in [-0.2, 0) is 9.53 Å². The highest BCUT2D eigenvalue weighted by atomic mass is 32.2. The van der Waals surface area contributed by atoms with Gasteiger partial charge in [-0.3, -0.25) is 4.79 Å². The molecule has 0 aromatic heterocycles. The average molecular weight is 432 g/mol. The Labute approximate surface area is 180 Å². The molecular weight excluding hydrogens is 406 g/mol. The molecule has 2 N–H and O–H groups in total. The molecule has 0 spiro atoms. The number of benzene rings is 2. The summed E-state index contributed by atoms with van der Waals surface area (Å²) >= 11 is 6.57. The zero-order valence-corrected chi connectivity index (χ0v) is 18.3. The minimum absolute atomic E-state index is 0.138. The van der Waals surface area contributed by atoms with Crippen molar-refractivity contribution in [3.63, 3.8) is 0 Å². The molecule has 2 atom stereocenters. The van der Waals surface area contributed by atoms with Crippen LogP contribution in [0.1, 0.15) is 10.8 Å². The quantitative estimate of drug-likeness (QED) is 0.705. The number of anilines is 1. The minimum Gasteiger partial charge on any atom is -0.497 e. The van der Waals surface area contributed by atoms with Crippen LogP contribution in [0.2, 0.25) is 0 Å². The second kappa shape index (κ2) is 9.47. The molecule has 154 valence electrons. The predicted molar refractivity (Wildman–Crippen MR) is 121 cm³/mol. The van der Waals surface area contributed by atoms with Crippen molar-refractivity contribution < 1.29 is 14.3 Å². The van der Waals surface area contributed by atoms with Crippen LogP contribution in [-0.4, -0.2) is 56.4 Å². The largest absolute Gasteiger partial charge is 0.497 e. The molecule has 0 fully saturated rings. The molecule has 1 amide bonds. The van der Waals surface area contributed by atoms with Gasteiger partial charge < -0.3 is 25.0 Å². The summed E-state index contributed by atoms with van der Waals surface area (Å²) in [6, 6.07) is 15.5. The number of nitrogens with zero attached hydrogens (tertiary/aromatic N) is 2. The number of ether oxygens (including phenoxy) is 2. The first-order valence-corrected chi connectivity index (χ1v) is 10.5. The number of hydrogen-bond acceptors (Lipinski definition) is 6. The number of fused-ring (bicyclic) bond motifs is 1. The van der Waals surface area contributed by atoms with E-state index in [9.17, 15) is 4.79 Å². The van der Waals surface area contributed by atoms with Crippen molar-refractivity contribution in [3.05, 3.63) is 54.1 Å². The highest BCUT2D eigenvalue weighted by Crippen LogP contribution is 2.46. The van der Waals surface area contributed by atoms with Crippen LogP contribution in [0.15, 0.2) is 53.4 Å². The van der Waals surface area contributed by atoms with Gasteiger partial charge in [0.1, 0.15) is 5.75 Å². The van der Waals surface area contributed by atoms with E-state index in [4.69, 9.17) is 27.4 Å². The normalized spacial score (nSPS) is 18.9. The van der Waals surface area contributed by atoms with Gasteiger partial charge in [0.15, 0.2) is 6.10 Å². The molecule has 2 aromatic carbocycles. The number of para-hydroxylation sites is 1. The van der Waals surface area contributed by atoms with Gasteiger partial charge in [-0.05, 0) is 56.1 Å². The van der Waals surface area contributed by atoms with Crippen LogP contribution in [0.5, 0.6) is 5.75 Å². The molecule has 8 heteroatoms. The Bertz CT molecular complexity index is 874. The maximum absolute atomic E-state index is 13.6. The lowest BCUT2D eigenvalue weighted by atomic mass is 10.1. The van der Waals surface area contributed by atoms with E-state index in [0.29, 0.717) is 6.54 Å². The van der Waals surface area contributed by atoms with Gasteiger partial charge in [0.05, 0.1) is 18.0 Å². The highest BCUT2D eigenvalue weighted by molar-refractivity contribution is 7.99. The Balaban J connectivity index is 2.06. The van der Waals surface area contributed by atoms with E-state index >= 15 is 0 Å². The summed E-state index contributed by atoms with van der Waals surface area (Å²) in [5.74, 6) is 0.594. The van der Waals surface area contributed by atoms with Gasteiger partial charge in [-0.2, -0.15) is 0 Å². The number of thioether (sulfide) groups is 1. The number of likely N-dealkylation sites (N-methyl/N-ethyl adjacent to an activating group) is 1. The van der Waals surface area contributed by atoms with Crippen molar-refractivity contribution >= 4 is 40.7 Å². The van der Waals surface area contributed by atoms with Gasteiger partial charge in [-0.1, -0.05) is 24.3 Å². The number of thiocarbonyl (C=S) groups is 1. The number of carbonyl (C=O) groups excluding carboxylic acids is 1. The molecular formula is C21H25N3O3S2. The number of carbonyl (C=O) groups is 1. The number of hydrogen-bond donors (Lipinski definition) is 1. The summed E-state index contributed by atoms with van der Waals surface area (Å²) in [5.41, 5.74) is 7.51. The molecule has 0 bridgehead atoms. The lowest BCUT2D eigenvalue weighted by molar-refractivity contribution is -0.125. The summed E-state index contributed by atoms with van der Waals surface area (Å²) in [6.45, 7) is 1.26. The van der Waals surface area contributed by atoms with Crippen molar-refractivity contribution in [2.45, 2.75) is 16.2 Å². The standard InChI is InChI=1S/C21H25N3O3S2/c1-23(2)12-13-24-16-6-4-5-7-17(16)29-19(18(20(24)25)27-21(22)28)14-8-10-15(26-3)11-9-14/h4-11,18-19H,12-13H2,1-3H3,(H2,22,28)/t18-,19+/m0/s1. The molecule has 1 aliphatic heterocycles. The predicted octanol–water partition coefficient (Wildman–Crippen LogP) is 3.07. The number of methoxy groups -OCH3 is 1. The molecule has 6 nitrogen and oxygen atoms in total. The molecule has 3 rings (SSSR count). The first kappa shape index (κ1) is 21.4. The van der Waals surface area contributed by atoms with Crippen molar-refractivity contribution in [2.24, 2.45) is 5.73 Å². The zero-order chi connectivity index (χ0) is 21.0. The van der Waals surface area contributed by atoms with Crippen LogP contribution in [0.4, 0.5) is 5.69 Å². The Morgan fingerprint density at radius 1 is 1.21 bits per heavy atom. The van der Waals surface area contributed by atoms with Gasteiger partial charge in [0.2, 0.25) is 0 Å². The Morgan fingerprint density at radius 3 is 2.52 bits per heavy atom. The van der Waals surface area contributed by atoms with E-state index in [1.54, 1.807) is 23.8 Å². The van der Waals surface area contributed by atoms with E-state index in [0.717, 1.165) is 28.4 Å². The number of nitrogens with two attached hydrogens (primary N) is 1. The fourth-order valence-corrected chi connectivity index (χ4v) is 4.61.